The molecule has 0 saturated heterocycles. The second-order valence-corrected chi connectivity index (χ2v) is 6.74. The quantitative estimate of drug-likeness (QED) is 0.536. The number of amides is 1. The topological polar surface area (TPSA) is 82.9 Å². The van der Waals surface area contributed by atoms with E-state index in [-0.39, 0.29) is 18.1 Å². The summed E-state index contributed by atoms with van der Waals surface area (Å²) in [5.41, 5.74) is 9.15. The Morgan fingerprint density at radius 1 is 1.07 bits per heavy atom. The molecule has 2 aromatic heterocycles. The number of ketones is 1. The highest BCUT2D eigenvalue weighted by atomic mass is 16.1. The van der Waals surface area contributed by atoms with Gasteiger partial charge in [-0.1, -0.05) is 24.3 Å². The lowest BCUT2D eigenvalue weighted by Gasteiger charge is -2.08. The fourth-order valence-corrected chi connectivity index (χ4v) is 3.51. The van der Waals surface area contributed by atoms with Crippen LogP contribution in [0.5, 0.6) is 0 Å². The highest BCUT2D eigenvalue weighted by Gasteiger charge is 2.14. The largest absolute Gasteiger partial charge is 0.370 e. The molecule has 0 fully saturated rings. The van der Waals surface area contributed by atoms with Crippen LogP contribution in [0.25, 0.3) is 21.8 Å². The van der Waals surface area contributed by atoms with Crippen LogP contribution >= 0.6 is 0 Å². The molecule has 6 nitrogen and oxygen atoms in total. The standard InChI is InChI=1S/C21H20N4O2/c1-14(26)16-3-5-18-17-4-2-15(12-24-9-7-23-13-24)10-19(17)25(20(18)11-16)8-6-21(22)27/h2-5,7,9-11,13H,6,8,12H2,1H3,(H2,22,27). The summed E-state index contributed by atoms with van der Waals surface area (Å²) in [5.74, 6) is -0.327. The summed E-state index contributed by atoms with van der Waals surface area (Å²) in [6, 6.07) is 12.0. The number of aryl methyl sites for hydroxylation is 1. The molecule has 1 amide bonds. The first-order valence-electron chi connectivity index (χ1n) is 8.83. The van der Waals surface area contributed by atoms with Gasteiger partial charge in [-0.2, -0.15) is 0 Å². The molecule has 2 aromatic carbocycles. The average Bonchev–Trinajstić information content (AvgIpc) is 3.25. The monoisotopic (exact) mass is 360 g/mol. The first kappa shape index (κ1) is 17.0. The number of imidazole rings is 1. The molecule has 4 rings (SSSR count). The fourth-order valence-electron chi connectivity index (χ4n) is 3.51. The average molecular weight is 360 g/mol. The van der Waals surface area contributed by atoms with Crippen molar-refractivity contribution in [1.29, 1.82) is 0 Å². The molecule has 136 valence electrons. The lowest BCUT2D eigenvalue weighted by atomic mass is 10.1. The van der Waals surface area contributed by atoms with Gasteiger partial charge in [-0.25, -0.2) is 4.98 Å². The van der Waals surface area contributed by atoms with Crippen LogP contribution in [0.15, 0.2) is 55.1 Å². The predicted octanol–water partition coefficient (Wildman–Crippen LogP) is 3.12. The number of primary amides is 1. The number of rotatable bonds is 6. The van der Waals surface area contributed by atoms with E-state index in [1.807, 2.05) is 29.0 Å². The normalized spacial score (nSPS) is 11.3. The fraction of sp³-hybridized carbons (Fsp3) is 0.190. The highest BCUT2D eigenvalue weighted by Crippen LogP contribution is 2.31. The minimum absolute atomic E-state index is 0.0180. The van der Waals surface area contributed by atoms with E-state index < -0.39 is 0 Å². The predicted molar refractivity (Wildman–Crippen MR) is 105 cm³/mol. The van der Waals surface area contributed by atoms with Gasteiger partial charge in [-0.15, -0.1) is 0 Å². The maximum absolute atomic E-state index is 11.8. The molecule has 0 saturated carbocycles. The third-order valence-corrected chi connectivity index (χ3v) is 4.84. The number of nitrogens with two attached hydrogens (primary N) is 1. The zero-order valence-electron chi connectivity index (χ0n) is 15.1. The van der Waals surface area contributed by atoms with Crippen LogP contribution in [0, 0.1) is 0 Å². The van der Waals surface area contributed by atoms with Crippen molar-refractivity contribution in [2.24, 2.45) is 5.73 Å². The molecule has 27 heavy (non-hydrogen) atoms. The second kappa shape index (κ2) is 6.72. The van der Waals surface area contributed by atoms with Gasteiger partial charge in [0.15, 0.2) is 5.78 Å². The number of hydrogen-bond donors (Lipinski definition) is 1. The van der Waals surface area contributed by atoms with Crippen molar-refractivity contribution in [3.8, 4) is 0 Å². The van der Waals surface area contributed by atoms with Crippen molar-refractivity contribution in [3.05, 3.63) is 66.2 Å². The maximum Gasteiger partial charge on any atom is 0.219 e. The molecule has 0 aliphatic heterocycles. The van der Waals surface area contributed by atoms with Crippen LogP contribution in [0.1, 0.15) is 29.3 Å². The van der Waals surface area contributed by atoms with E-state index in [1.54, 1.807) is 19.4 Å². The van der Waals surface area contributed by atoms with Crippen LogP contribution in [-0.4, -0.2) is 25.8 Å². The molecular formula is C21H20N4O2. The zero-order valence-corrected chi connectivity index (χ0v) is 15.1. The Balaban J connectivity index is 1.89. The minimum Gasteiger partial charge on any atom is -0.370 e. The number of aromatic nitrogens is 3. The third-order valence-electron chi connectivity index (χ3n) is 4.84. The lowest BCUT2D eigenvalue weighted by molar-refractivity contribution is -0.118. The van der Waals surface area contributed by atoms with E-state index in [9.17, 15) is 9.59 Å². The lowest BCUT2D eigenvalue weighted by Crippen LogP contribution is -2.14. The highest BCUT2D eigenvalue weighted by molar-refractivity contribution is 6.10. The Morgan fingerprint density at radius 2 is 1.81 bits per heavy atom. The van der Waals surface area contributed by atoms with Crippen molar-refractivity contribution < 1.29 is 9.59 Å². The second-order valence-electron chi connectivity index (χ2n) is 6.74. The van der Waals surface area contributed by atoms with Crippen molar-refractivity contribution in [2.45, 2.75) is 26.4 Å². The summed E-state index contributed by atoms with van der Waals surface area (Å²) in [5, 5.41) is 2.16. The van der Waals surface area contributed by atoms with Gasteiger partial charge in [0.05, 0.1) is 6.33 Å². The minimum atomic E-state index is -0.345. The molecular weight excluding hydrogens is 340 g/mol. The zero-order chi connectivity index (χ0) is 19.0. The molecule has 2 N–H and O–H groups in total. The summed E-state index contributed by atoms with van der Waals surface area (Å²) in [6.07, 6.45) is 5.71. The molecule has 6 heteroatoms. The van der Waals surface area contributed by atoms with Crippen LogP contribution in [0.2, 0.25) is 0 Å². The molecule has 0 aliphatic rings. The van der Waals surface area contributed by atoms with Crippen LogP contribution in [0.3, 0.4) is 0 Å². The van der Waals surface area contributed by atoms with Gasteiger partial charge >= 0.3 is 0 Å². The summed E-state index contributed by atoms with van der Waals surface area (Å²) in [4.78, 5) is 27.3. The summed E-state index contributed by atoms with van der Waals surface area (Å²) >= 11 is 0. The molecule has 2 heterocycles. The summed E-state index contributed by atoms with van der Waals surface area (Å²) in [6.45, 7) is 2.75. The Kier molecular flexibility index (Phi) is 4.24. The van der Waals surface area contributed by atoms with E-state index in [1.165, 1.54) is 0 Å². The molecule has 0 bridgehead atoms. The molecule has 0 aliphatic carbocycles. The third kappa shape index (κ3) is 3.21. The number of carbonyl (C=O) groups is 2. The maximum atomic E-state index is 11.8. The SMILES string of the molecule is CC(=O)c1ccc2c3ccc(Cn4ccnc4)cc3n(CCC(N)=O)c2c1. The Labute approximate surface area is 156 Å². The smallest absolute Gasteiger partial charge is 0.219 e. The van der Waals surface area contributed by atoms with E-state index in [0.29, 0.717) is 18.7 Å². The van der Waals surface area contributed by atoms with Crippen molar-refractivity contribution in [1.82, 2.24) is 14.1 Å². The first-order valence-corrected chi connectivity index (χ1v) is 8.83. The Bertz CT molecular complexity index is 1160. The molecule has 0 atom stereocenters. The summed E-state index contributed by atoms with van der Waals surface area (Å²) in [7, 11) is 0. The van der Waals surface area contributed by atoms with Gasteiger partial charge in [0.1, 0.15) is 0 Å². The molecule has 0 unspecified atom stereocenters. The van der Waals surface area contributed by atoms with Crippen LogP contribution in [0.4, 0.5) is 0 Å². The van der Waals surface area contributed by atoms with E-state index in [0.717, 1.165) is 27.4 Å². The summed E-state index contributed by atoms with van der Waals surface area (Å²) < 4.78 is 4.09. The van der Waals surface area contributed by atoms with Crippen molar-refractivity contribution in [3.63, 3.8) is 0 Å². The molecule has 0 spiro atoms. The van der Waals surface area contributed by atoms with Crippen LogP contribution < -0.4 is 5.73 Å². The van der Waals surface area contributed by atoms with Crippen molar-refractivity contribution in [2.75, 3.05) is 0 Å². The van der Waals surface area contributed by atoms with Crippen molar-refractivity contribution >= 4 is 33.5 Å². The van der Waals surface area contributed by atoms with Gasteiger partial charge < -0.3 is 14.9 Å². The number of hydrogen-bond acceptors (Lipinski definition) is 3. The number of Topliss-reactive ketones (excluding diaryl/α,β-unsaturated/α-hetero) is 1. The van der Waals surface area contributed by atoms with E-state index >= 15 is 0 Å². The van der Waals surface area contributed by atoms with Gasteiger partial charge in [0.25, 0.3) is 0 Å². The first-order chi connectivity index (χ1) is 13.0. The number of nitrogens with zero attached hydrogens (tertiary/aromatic N) is 3. The van der Waals surface area contributed by atoms with Gasteiger partial charge in [0.2, 0.25) is 5.91 Å². The van der Waals surface area contributed by atoms with Crippen LogP contribution in [-0.2, 0) is 17.9 Å². The number of benzene rings is 2. The van der Waals surface area contributed by atoms with E-state index in [2.05, 4.69) is 27.8 Å². The van der Waals surface area contributed by atoms with Gasteiger partial charge in [0, 0.05) is 59.3 Å². The Morgan fingerprint density at radius 3 is 2.48 bits per heavy atom. The molecule has 0 radical (unpaired) electrons. The number of carbonyl (C=O) groups excluding carboxylic acids is 2. The number of fused-ring (bicyclic) bond motifs is 3. The van der Waals surface area contributed by atoms with E-state index in [4.69, 9.17) is 5.73 Å². The Hall–Kier alpha value is -3.41. The van der Waals surface area contributed by atoms with Gasteiger partial charge in [-0.05, 0) is 24.6 Å². The van der Waals surface area contributed by atoms with Gasteiger partial charge in [-0.3, -0.25) is 9.59 Å². The molecule has 4 aromatic rings.